The maximum Gasteiger partial charge on any atom is 0.127 e. The number of halogens is 3. The second-order valence-corrected chi connectivity index (χ2v) is 7.32. The topological polar surface area (TPSA) is 9.23 Å². The van der Waals surface area contributed by atoms with E-state index in [-0.39, 0.29) is 5.38 Å². The molecule has 21 heavy (non-hydrogen) atoms. The Morgan fingerprint density at radius 2 is 1.71 bits per heavy atom. The average molecular weight is 433 g/mol. The fourth-order valence-corrected chi connectivity index (χ4v) is 3.92. The summed E-state index contributed by atoms with van der Waals surface area (Å²) in [5, 5.41) is -0.256. The Bertz CT molecular complexity index is 683. The molecule has 0 fully saturated rings. The van der Waals surface area contributed by atoms with Crippen molar-refractivity contribution in [1.29, 1.82) is 0 Å². The van der Waals surface area contributed by atoms with Gasteiger partial charge >= 0.3 is 0 Å². The summed E-state index contributed by atoms with van der Waals surface area (Å²) in [5.41, 5.74) is 5.45. The van der Waals surface area contributed by atoms with E-state index in [1.54, 1.807) is 7.11 Å². The molecule has 0 aliphatic carbocycles. The van der Waals surface area contributed by atoms with Crippen molar-refractivity contribution in [3.05, 3.63) is 61.0 Å². The molecule has 0 radical (unpaired) electrons. The van der Waals surface area contributed by atoms with Crippen molar-refractivity contribution in [3.8, 4) is 5.75 Å². The van der Waals surface area contributed by atoms with Gasteiger partial charge in [0.15, 0.2) is 0 Å². The lowest BCUT2D eigenvalue weighted by atomic mass is 9.94. The molecule has 0 amide bonds. The van der Waals surface area contributed by atoms with E-state index in [0.29, 0.717) is 0 Å². The summed E-state index contributed by atoms with van der Waals surface area (Å²) in [6, 6.07) is 8.23. The molecule has 1 atom stereocenters. The summed E-state index contributed by atoms with van der Waals surface area (Å²) in [7, 11) is 1.69. The van der Waals surface area contributed by atoms with Gasteiger partial charge in [-0.3, -0.25) is 0 Å². The highest BCUT2D eigenvalue weighted by Gasteiger charge is 2.23. The number of hydrogen-bond acceptors (Lipinski definition) is 1. The summed E-state index contributed by atoms with van der Waals surface area (Å²) in [6.07, 6.45) is 0. The zero-order valence-corrected chi connectivity index (χ0v) is 16.4. The van der Waals surface area contributed by atoms with Gasteiger partial charge in [0.05, 0.1) is 12.5 Å². The number of ether oxygens (including phenoxy) is 1. The van der Waals surface area contributed by atoms with E-state index in [4.69, 9.17) is 16.3 Å². The zero-order valence-electron chi connectivity index (χ0n) is 12.4. The molecule has 0 bridgehead atoms. The van der Waals surface area contributed by atoms with Gasteiger partial charge in [-0.15, -0.1) is 11.6 Å². The van der Waals surface area contributed by atoms with Crippen molar-refractivity contribution in [2.75, 3.05) is 7.11 Å². The van der Waals surface area contributed by atoms with Gasteiger partial charge in [0.1, 0.15) is 5.75 Å². The second-order valence-electron chi connectivity index (χ2n) is 5.11. The number of methoxy groups -OCH3 is 1. The van der Waals surface area contributed by atoms with Gasteiger partial charge in [0.2, 0.25) is 0 Å². The molecule has 4 heteroatoms. The molecule has 0 saturated carbocycles. The number of aryl methyl sites for hydroxylation is 2. The van der Waals surface area contributed by atoms with E-state index in [9.17, 15) is 0 Å². The van der Waals surface area contributed by atoms with Crippen LogP contribution in [0.5, 0.6) is 5.75 Å². The highest BCUT2D eigenvalue weighted by Crippen LogP contribution is 2.43. The second kappa shape index (κ2) is 6.72. The van der Waals surface area contributed by atoms with E-state index in [0.717, 1.165) is 42.5 Å². The van der Waals surface area contributed by atoms with Gasteiger partial charge in [-0.1, -0.05) is 37.9 Å². The first-order chi connectivity index (χ1) is 9.86. The molecule has 0 saturated heterocycles. The molecule has 0 aromatic heterocycles. The predicted octanol–water partition coefficient (Wildman–Crippen LogP) is 6.47. The van der Waals surface area contributed by atoms with Crippen molar-refractivity contribution < 1.29 is 4.74 Å². The molecule has 0 spiro atoms. The van der Waals surface area contributed by atoms with Gasteiger partial charge < -0.3 is 4.74 Å². The first kappa shape index (κ1) is 16.9. The quantitative estimate of drug-likeness (QED) is 0.505. The Labute approximate surface area is 147 Å². The molecular weight excluding hydrogens is 415 g/mol. The molecule has 0 heterocycles. The molecule has 2 rings (SSSR count). The molecule has 0 aliphatic heterocycles. The average Bonchev–Trinajstić information content (AvgIpc) is 2.44. The van der Waals surface area contributed by atoms with Crippen LogP contribution in [0.4, 0.5) is 0 Å². The molecule has 2 aromatic rings. The summed E-state index contributed by atoms with van der Waals surface area (Å²) < 4.78 is 7.68. The first-order valence-electron chi connectivity index (χ1n) is 6.60. The van der Waals surface area contributed by atoms with Crippen LogP contribution in [-0.4, -0.2) is 7.11 Å². The van der Waals surface area contributed by atoms with Crippen LogP contribution in [0.15, 0.2) is 33.2 Å². The van der Waals surface area contributed by atoms with Crippen LogP contribution in [0.1, 0.15) is 33.2 Å². The fraction of sp³-hybridized carbons (Fsp3) is 0.294. The number of benzene rings is 2. The third kappa shape index (κ3) is 3.30. The Kier molecular flexibility index (Phi) is 5.39. The van der Waals surface area contributed by atoms with Crippen LogP contribution < -0.4 is 4.74 Å². The Morgan fingerprint density at radius 3 is 2.33 bits per heavy atom. The van der Waals surface area contributed by atoms with E-state index >= 15 is 0 Å². The monoisotopic (exact) mass is 430 g/mol. The molecule has 1 unspecified atom stereocenters. The summed E-state index contributed by atoms with van der Waals surface area (Å²) in [5.74, 6) is 0.857. The molecule has 1 nitrogen and oxygen atoms in total. The third-order valence-electron chi connectivity index (χ3n) is 3.68. The van der Waals surface area contributed by atoms with Gasteiger partial charge in [-0.2, -0.15) is 0 Å². The fourth-order valence-electron chi connectivity index (χ4n) is 2.49. The predicted molar refractivity (Wildman–Crippen MR) is 96.7 cm³/mol. The minimum Gasteiger partial charge on any atom is -0.496 e. The standard InChI is InChI=1S/C17H17Br2ClO/c1-9-5-6-12(18)8-13(9)16(20)15-11(3)14(19)7-10(2)17(15)21-4/h5-8,16H,1-4H3. The van der Waals surface area contributed by atoms with E-state index in [2.05, 4.69) is 63.9 Å². The number of rotatable bonds is 3. The summed E-state index contributed by atoms with van der Waals surface area (Å²) in [4.78, 5) is 0. The van der Waals surface area contributed by atoms with Crippen LogP contribution in [0, 0.1) is 20.8 Å². The molecule has 112 valence electrons. The smallest absolute Gasteiger partial charge is 0.127 e. The van der Waals surface area contributed by atoms with Gasteiger partial charge in [0, 0.05) is 14.5 Å². The minimum absolute atomic E-state index is 0.256. The van der Waals surface area contributed by atoms with Crippen LogP contribution in [0.3, 0.4) is 0 Å². The number of alkyl halides is 1. The highest BCUT2D eigenvalue weighted by molar-refractivity contribution is 9.10. The largest absolute Gasteiger partial charge is 0.496 e. The normalized spacial score (nSPS) is 12.3. The maximum absolute atomic E-state index is 6.82. The Morgan fingerprint density at radius 1 is 1.05 bits per heavy atom. The van der Waals surface area contributed by atoms with Crippen molar-refractivity contribution in [2.45, 2.75) is 26.1 Å². The lowest BCUT2D eigenvalue weighted by Gasteiger charge is -2.21. The highest BCUT2D eigenvalue weighted by atomic mass is 79.9. The number of hydrogen-bond donors (Lipinski definition) is 0. The first-order valence-corrected chi connectivity index (χ1v) is 8.62. The summed E-state index contributed by atoms with van der Waals surface area (Å²) in [6.45, 7) is 6.16. The minimum atomic E-state index is -0.256. The van der Waals surface area contributed by atoms with Crippen LogP contribution in [-0.2, 0) is 0 Å². The van der Waals surface area contributed by atoms with E-state index < -0.39 is 0 Å². The molecule has 0 N–H and O–H groups in total. The Hall–Kier alpha value is -0.510. The molecule has 2 aromatic carbocycles. The SMILES string of the molecule is COc1c(C)cc(Br)c(C)c1C(Cl)c1cc(Br)ccc1C. The van der Waals surface area contributed by atoms with Gasteiger partial charge in [-0.25, -0.2) is 0 Å². The lowest BCUT2D eigenvalue weighted by molar-refractivity contribution is 0.406. The van der Waals surface area contributed by atoms with Gasteiger partial charge in [0.25, 0.3) is 0 Å². The van der Waals surface area contributed by atoms with E-state index in [1.807, 2.05) is 13.0 Å². The molecule has 0 aliphatic rings. The van der Waals surface area contributed by atoms with Crippen molar-refractivity contribution in [1.82, 2.24) is 0 Å². The van der Waals surface area contributed by atoms with Crippen LogP contribution in [0.25, 0.3) is 0 Å². The maximum atomic E-state index is 6.82. The van der Waals surface area contributed by atoms with Crippen molar-refractivity contribution in [3.63, 3.8) is 0 Å². The zero-order chi connectivity index (χ0) is 15.7. The van der Waals surface area contributed by atoms with Crippen LogP contribution >= 0.6 is 43.5 Å². The summed E-state index contributed by atoms with van der Waals surface area (Å²) >= 11 is 14.0. The third-order valence-corrected chi connectivity index (χ3v) is 5.45. The van der Waals surface area contributed by atoms with Crippen molar-refractivity contribution in [2.24, 2.45) is 0 Å². The van der Waals surface area contributed by atoms with Crippen LogP contribution in [0.2, 0.25) is 0 Å². The van der Waals surface area contributed by atoms with Gasteiger partial charge in [-0.05, 0) is 61.2 Å². The Balaban J connectivity index is 2.68. The van der Waals surface area contributed by atoms with Crippen molar-refractivity contribution >= 4 is 43.5 Å². The lowest BCUT2D eigenvalue weighted by Crippen LogP contribution is -2.04. The van der Waals surface area contributed by atoms with E-state index in [1.165, 1.54) is 0 Å². The molecular formula is C17H17Br2ClO.